The van der Waals surface area contributed by atoms with Gasteiger partial charge in [-0.15, -0.1) is 0 Å². The number of amides is 1. The highest BCUT2D eigenvalue weighted by Gasteiger charge is 2.27. The third kappa shape index (κ3) is 3.10. The molecule has 0 radical (unpaired) electrons. The summed E-state index contributed by atoms with van der Waals surface area (Å²) in [6, 6.07) is 9.90. The van der Waals surface area contributed by atoms with Crippen molar-refractivity contribution in [2.24, 2.45) is 11.8 Å². The van der Waals surface area contributed by atoms with Crippen LogP contribution in [0.4, 0.5) is 5.69 Å². The largest absolute Gasteiger partial charge is 0.312 e. The van der Waals surface area contributed by atoms with E-state index in [4.69, 9.17) is 5.26 Å². The molecule has 96 valence electrons. The Bertz CT molecular complexity index is 460. The SMILES string of the molecule is CCN(C(=O)C(C#N)C(C)C)c1cccc(C)c1. The Balaban J connectivity index is 3.04. The molecule has 1 unspecified atom stereocenters. The molecule has 0 saturated carbocycles. The predicted octanol–water partition coefficient (Wildman–Crippen LogP) is 3.14. The molecule has 3 nitrogen and oxygen atoms in total. The number of nitriles is 1. The van der Waals surface area contributed by atoms with Crippen LogP contribution in [0.25, 0.3) is 0 Å². The molecule has 0 aliphatic carbocycles. The molecule has 0 heterocycles. The lowest BCUT2D eigenvalue weighted by Gasteiger charge is -2.25. The quantitative estimate of drug-likeness (QED) is 0.816. The van der Waals surface area contributed by atoms with Crippen LogP contribution in [0, 0.1) is 30.1 Å². The fraction of sp³-hybridized carbons (Fsp3) is 0.467. The lowest BCUT2D eigenvalue weighted by atomic mass is 9.95. The maximum atomic E-state index is 12.4. The Kier molecular flexibility index (Phi) is 4.91. The summed E-state index contributed by atoms with van der Waals surface area (Å²) in [7, 11) is 0. The summed E-state index contributed by atoms with van der Waals surface area (Å²) in [5, 5.41) is 9.12. The maximum Gasteiger partial charge on any atom is 0.244 e. The summed E-state index contributed by atoms with van der Waals surface area (Å²) < 4.78 is 0. The monoisotopic (exact) mass is 244 g/mol. The Morgan fingerprint density at radius 3 is 2.56 bits per heavy atom. The second-order valence-corrected chi connectivity index (χ2v) is 4.77. The van der Waals surface area contributed by atoms with E-state index in [1.165, 1.54) is 0 Å². The number of rotatable bonds is 4. The third-order valence-electron chi connectivity index (χ3n) is 2.97. The van der Waals surface area contributed by atoms with Crippen LogP contribution < -0.4 is 4.90 Å². The molecule has 1 rings (SSSR count). The minimum Gasteiger partial charge on any atom is -0.312 e. The highest BCUT2D eigenvalue weighted by molar-refractivity contribution is 5.96. The van der Waals surface area contributed by atoms with Gasteiger partial charge in [0.05, 0.1) is 6.07 Å². The zero-order chi connectivity index (χ0) is 13.7. The summed E-state index contributed by atoms with van der Waals surface area (Å²) in [4.78, 5) is 14.0. The van der Waals surface area contributed by atoms with Gasteiger partial charge in [-0.3, -0.25) is 4.79 Å². The van der Waals surface area contributed by atoms with E-state index in [2.05, 4.69) is 6.07 Å². The minimum atomic E-state index is -0.578. The van der Waals surface area contributed by atoms with E-state index in [1.54, 1.807) is 4.90 Å². The van der Waals surface area contributed by atoms with Gasteiger partial charge in [0.15, 0.2) is 0 Å². The molecule has 1 aromatic rings. The number of benzene rings is 1. The van der Waals surface area contributed by atoms with Crippen LogP contribution in [-0.2, 0) is 4.79 Å². The van der Waals surface area contributed by atoms with E-state index in [9.17, 15) is 4.79 Å². The normalized spacial score (nSPS) is 12.0. The summed E-state index contributed by atoms with van der Waals surface area (Å²) >= 11 is 0. The smallest absolute Gasteiger partial charge is 0.244 e. The van der Waals surface area contributed by atoms with Crippen molar-refractivity contribution in [1.29, 1.82) is 5.26 Å². The Morgan fingerprint density at radius 1 is 1.44 bits per heavy atom. The van der Waals surface area contributed by atoms with Crippen LogP contribution in [0.2, 0.25) is 0 Å². The van der Waals surface area contributed by atoms with Crippen molar-refractivity contribution < 1.29 is 4.79 Å². The van der Waals surface area contributed by atoms with Crippen molar-refractivity contribution >= 4 is 11.6 Å². The lowest BCUT2D eigenvalue weighted by molar-refractivity contribution is -0.121. The first-order valence-electron chi connectivity index (χ1n) is 6.29. The fourth-order valence-corrected chi connectivity index (χ4v) is 1.92. The first kappa shape index (κ1) is 14.2. The van der Waals surface area contributed by atoms with Crippen LogP contribution in [0.15, 0.2) is 24.3 Å². The number of hydrogen-bond donors (Lipinski definition) is 0. The van der Waals surface area contributed by atoms with E-state index in [1.807, 2.05) is 52.0 Å². The fourth-order valence-electron chi connectivity index (χ4n) is 1.92. The molecule has 0 saturated heterocycles. The number of anilines is 1. The summed E-state index contributed by atoms with van der Waals surface area (Å²) in [5.74, 6) is -0.660. The van der Waals surface area contributed by atoms with Gasteiger partial charge in [-0.05, 0) is 37.5 Å². The van der Waals surface area contributed by atoms with E-state index in [0.29, 0.717) is 6.54 Å². The zero-order valence-corrected chi connectivity index (χ0v) is 11.5. The Hall–Kier alpha value is -1.82. The van der Waals surface area contributed by atoms with E-state index in [-0.39, 0.29) is 11.8 Å². The summed E-state index contributed by atoms with van der Waals surface area (Å²) in [6.45, 7) is 8.29. The molecule has 1 atom stereocenters. The van der Waals surface area contributed by atoms with E-state index < -0.39 is 5.92 Å². The molecule has 0 fully saturated rings. The zero-order valence-electron chi connectivity index (χ0n) is 11.5. The van der Waals surface area contributed by atoms with Gasteiger partial charge in [0.2, 0.25) is 5.91 Å². The highest BCUT2D eigenvalue weighted by Crippen LogP contribution is 2.21. The molecular weight excluding hydrogens is 224 g/mol. The average Bonchev–Trinajstić information content (AvgIpc) is 2.30. The third-order valence-corrected chi connectivity index (χ3v) is 2.97. The Labute approximate surface area is 109 Å². The standard InChI is InChI=1S/C15H20N2O/c1-5-17(13-8-6-7-12(4)9-13)15(18)14(10-16)11(2)3/h6-9,11,14H,5H2,1-4H3. The van der Waals surface area contributed by atoms with Crippen LogP contribution in [0.1, 0.15) is 26.3 Å². The molecular formula is C15H20N2O. The van der Waals surface area contributed by atoms with Gasteiger partial charge in [0, 0.05) is 12.2 Å². The number of carbonyl (C=O) groups excluding carboxylic acids is 1. The average molecular weight is 244 g/mol. The van der Waals surface area contributed by atoms with E-state index in [0.717, 1.165) is 11.3 Å². The topological polar surface area (TPSA) is 44.1 Å². The van der Waals surface area contributed by atoms with Gasteiger partial charge in [-0.25, -0.2) is 0 Å². The molecule has 0 bridgehead atoms. The molecule has 3 heteroatoms. The first-order chi connectivity index (χ1) is 8.51. The predicted molar refractivity (Wildman–Crippen MR) is 73.1 cm³/mol. The van der Waals surface area contributed by atoms with Gasteiger partial charge in [-0.2, -0.15) is 5.26 Å². The van der Waals surface area contributed by atoms with Crippen molar-refractivity contribution in [2.45, 2.75) is 27.7 Å². The molecule has 0 aliphatic heterocycles. The Morgan fingerprint density at radius 2 is 2.11 bits per heavy atom. The van der Waals surface area contributed by atoms with Gasteiger partial charge in [0.1, 0.15) is 5.92 Å². The van der Waals surface area contributed by atoms with Gasteiger partial charge >= 0.3 is 0 Å². The molecule has 0 N–H and O–H groups in total. The van der Waals surface area contributed by atoms with Crippen molar-refractivity contribution in [3.05, 3.63) is 29.8 Å². The first-order valence-corrected chi connectivity index (χ1v) is 6.29. The molecule has 1 amide bonds. The summed E-state index contributed by atoms with van der Waals surface area (Å²) in [5.41, 5.74) is 1.97. The molecule has 18 heavy (non-hydrogen) atoms. The summed E-state index contributed by atoms with van der Waals surface area (Å²) in [6.07, 6.45) is 0. The number of aryl methyl sites for hydroxylation is 1. The molecule has 0 spiro atoms. The van der Waals surface area contributed by atoms with Crippen molar-refractivity contribution in [2.75, 3.05) is 11.4 Å². The second-order valence-electron chi connectivity index (χ2n) is 4.77. The van der Waals surface area contributed by atoms with Crippen molar-refractivity contribution in [3.63, 3.8) is 0 Å². The number of hydrogen-bond acceptors (Lipinski definition) is 2. The van der Waals surface area contributed by atoms with Crippen molar-refractivity contribution in [3.8, 4) is 6.07 Å². The minimum absolute atomic E-state index is 0.0290. The van der Waals surface area contributed by atoms with Crippen molar-refractivity contribution in [1.82, 2.24) is 0 Å². The maximum absolute atomic E-state index is 12.4. The van der Waals surface area contributed by atoms with Gasteiger partial charge in [-0.1, -0.05) is 26.0 Å². The second kappa shape index (κ2) is 6.20. The van der Waals surface area contributed by atoms with E-state index >= 15 is 0 Å². The van der Waals surface area contributed by atoms with Gasteiger partial charge < -0.3 is 4.90 Å². The number of nitrogens with zero attached hydrogens (tertiary/aromatic N) is 2. The van der Waals surface area contributed by atoms with Crippen LogP contribution in [-0.4, -0.2) is 12.5 Å². The number of carbonyl (C=O) groups is 1. The highest BCUT2D eigenvalue weighted by atomic mass is 16.2. The molecule has 0 aliphatic rings. The van der Waals surface area contributed by atoms with Crippen LogP contribution >= 0.6 is 0 Å². The molecule has 0 aromatic heterocycles. The van der Waals surface area contributed by atoms with Gasteiger partial charge in [0.25, 0.3) is 0 Å². The molecule has 1 aromatic carbocycles. The lowest BCUT2D eigenvalue weighted by Crippen LogP contribution is -2.37. The van der Waals surface area contributed by atoms with Crippen LogP contribution in [0.5, 0.6) is 0 Å². The van der Waals surface area contributed by atoms with Crippen LogP contribution in [0.3, 0.4) is 0 Å².